The molecule has 0 aromatic carbocycles. The summed E-state index contributed by atoms with van der Waals surface area (Å²) < 4.78 is 10.2. The molecule has 0 saturated carbocycles. The number of carbonyl (C=O) groups excluding carboxylic acids is 2. The Balaban J connectivity index is 2.83. The van der Waals surface area contributed by atoms with E-state index in [4.69, 9.17) is 14.7 Å². The van der Waals surface area contributed by atoms with E-state index < -0.39 is 17.5 Å². The monoisotopic (exact) mass is 252 g/mol. The molecular weight excluding hydrogens is 236 g/mol. The third kappa shape index (κ3) is 3.77. The van der Waals surface area contributed by atoms with E-state index in [9.17, 15) is 9.59 Å². The smallest absolute Gasteiger partial charge is 0.415 e. The molecule has 6 nitrogen and oxygen atoms in total. The number of rotatable bonds is 2. The molecule has 6 heteroatoms. The number of ether oxygens (including phenoxy) is 2. The molecule has 1 amide bonds. The van der Waals surface area contributed by atoms with Crippen LogP contribution < -0.4 is 0 Å². The standard InChI is InChI=1S/C12H16N2O4/c1-12(2,3)18-11(16)14-6-7-17-8-9(14)10(15)4-5-13/h8H,4,6-7H2,1-3H3. The summed E-state index contributed by atoms with van der Waals surface area (Å²) in [6.07, 6.45) is 0.296. The molecule has 1 aliphatic rings. The molecule has 0 bridgehead atoms. The summed E-state index contributed by atoms with van der Waals surface area (Å²) in [6.45, 7) is 5.75. The molecule has 0 N–H and O–H groups in total. The van der Waals surface area contributed by atoms with E-state index in [0.29, 0.717) is 6.61 Å². The van der Waals surface area contributed by atoms with Gasteiger partial charge in [0.15, 0.2) is 5.78 Å². The fraction of sp³-hybridized carbons (Fsp3) is 0.583. The Morgan fingerprint density at radius 1 is 1.56 bits per heavy atom. The van der Waals surface area contributed by atoms with Crippen molar-refractivity contribution < 1.29 is 19.1 Å². The van der Waals surface area contributed by atoms with Crippen LogP contribution in [-0.4, -0.2) is 35.5 Å². The maximum atomic E-state index is 11.9. The molecule has 0 saturated heterocycles. The van der Waals surface area contributed by atoms with Crippen molar-refractivity contribution in [3.8, 4) is 6.07 Å². The van der Waals surface area contributed by atoms with Crippen LogP contribution in [0.4, 0.5) is 4.79 Å². The number of hydrogen-bond acceptors (Lipinski definition) is 5. The van der Waals surface area contributed by atoms with Crippen LogP contribution in [0, 0.1) is 11.3 Å². The van der Waals surface area contributed by atoms with E-state index in [1.807, 2.05) is 0 Å². The molecule has 1 heterocycles. The van der Waals surface area contributed by atoms with Gasteiger partial charge in [-0.1, -0.05) is 0 Å². The summed E-state index contributed by atoms with van der Waals surface area (Å²) in [4.78, 5) is 24.8. The molecule has 0 spiro atoms. The van der Waals surface area contributed by atoms with Crippen molar-refractivity contribution in [2.24, 2.45) is 0 Å². The highest BCUT2D eigenvalue weighted by Gasteiger charge is 2.30. The first-order valence-electron chi connectivity index (χ1n) is 5.57. The molecule has 0 aromatic rings. The van der Waals surface area contributed by atoms with Gasteiger partial charge >= 0.3 is 6.09 Å². The second kappa shape index (κ2) is 5.54. The maximum absolute atomic E-state index is 11.9. The minimum absolute atomic E-state index is 0.0667. The van der Waals surface area contributed by atoms with Gasteiger partial charge in [-0.2, -0.15) is 5.26 Å². The fourth-order valence-electron chi connectivity index (χ4n) is 1.35. The lowest BCUT2D eigenvalue weighted by Crippen LogP contribution is -2.41. The van der Waals surface area contributed by atoms with Gasteiger partial charge in [0.2, 0.25) is 0 Å². The number of Topliss-reactive ketones (excluding diaryl/α,β-unsaturated/α-hetero) is 1. The average molecular weight is 252 g/mol. The summed E-state index contributed by atoms with van der Waals surface area (Å²) in [5, 5.41) is 8.51. The molecule has 0 fully saturated rings. The Hall–Kier alpha value is -2.03. The van der Waals surface area contributed by atoms with Gasteiger partial charge in [0.25, 0.3) is 0 Å². The Morgan fingerprint density at radius 2 is 2.22 bits per heavy atom. The fourth-order valence-corrected chi connectivity index (χ4v) is 1.35. The van der Waals surface area contributed by atoms with Crippen LogP contribution in [0.15, 0.2) is 12.0 Å². The molecule has 0 aliphatic carbocycles. The molecule has 1 aliphatic heterocycles. The number of allylic oxidation sites excluding steroid dienone is 1. The Morgan fingerprint density at radius 3 is 2.78 bits per heavy atom. The van der Waals surface area contributed by atoms with Crippen LogP contribution in [-0.2, 0) is 14.3 Å². The number of ketones is 1. The van der Waals surface area contributed by atoms with Crippen LogP contribution in [0.2, 0.25) is 0 Å². The van der Waals surface area contributed by atoms with Gasteiger partial charge in [-0.15, -0.1) is 0 Å². The summed E-state index contributed by atoms with van der Waals surface area (Å²) in [5.74, 6) is -0.456. The Labute approximate surface area is 106 Å². The van der Waals surface area contributed by atoms with Crippen LogP contribution in [0.5, 0.6) is 0 Å². The Kier molecular flexibility index (Phi) is 4.32. The molecular formula is C12H16N2O4. The maximum Gasteiger partial charge on any atom is 0.415 e. The number of nitrogens with zero attached hydrogens (tertiary/aromatic N) is 2. The summed E-state index contributed by atoms with van der Waals surface area (Å²) in [7, 11) is 0. The number of amides is 1. The highest BCUT2D eigenvalue weighted by atomic mass is 16.6. The van der Waals surface area contributed by atoms with Crippen molar-refractivity contribution in [2.45, 2.75) is 32.8 Å². The van der Waals surface area contributed by atoms with Crippen molar-refractivity contribution in [1.29, 1.82) is 5.26 Å². The van der Waals surface area contributed by atoms with Gasteiger partial charge < -0.3 is 9.47 Å². The number of hydrogen-bond donors (Lipinski definition) is 0. The van der Waals surface area contributed by atoms with Gasteiger partial charge in [-0.05, 0) is 20.8 Å². The first-order chi connectivity index (χ1) is 8.35. The van der Waals surface area contributed by atoms with E-state index in [0.717, 1.165) is 0 Å². The van der Waals surface area contributed by atoms with Gasteiger partial charge in [0.05, 0.1) is 12.6 Å². The van der Waals surface area contributed by atoms with Crippen LogP contribution in [0.3, 0.4) is 0 Å². The van der Waals surface area contributed by atoms with Gasteiger partial charge in [0.1, 0.15) is 30.6 Å². The topological polar surface area (TPSA) is 79.6 Å². The zero-order valence-corrected chi connectivity index (χ0v) is 10.7. The normalized spacial score (nSPS) is 15.2. The van der Waals surface area contributed by atoms with Crippen molar-refractivity contribution >= 4 is 11.9 Å². The van der Waals surface area contributed by atoms with E-state index >= 15 is 0 Å². The minimum Gasteiger partial charge on any atom is -0.497 e. The van der Waals surface area contributed by atoms with E-state index in [2.05, 4.69) is 0 Å². The second-order valence-corrected chi connectivity index (χ2v) is 4.76. The molecule has 0 atom stereocenters. The number of nitriles is 1. The van der Waals surface area contributed by atoms with Gasteiger partial charge in [-0.25, -0.2) is 4.79 Å². The van der Waals surface area contributed by atoms with E-state index in [1.54, 1.807) is 26.8 Å². The predicted octanol–water partition coefficient (Wildman–Crippen LogP) is 1.58. The van der Waals surface area contributed by atoms with E-state index in [-0.39, 0.29) is 18.7 Å². The van der Waals surface area contributed by atoms with Gasteiger partial charge in [-0.3, -0.25) is 9.69 Å². The molecule has 98 valence electrons. The predicted molar refractivity (Wildman–Crippen MR) is 62.2 cm³/mol. The zero-order valence-electron chi connectivity index (χ0n) is 10.7. The molecule has 1 rings (SSSR count). The minimum atomic E-state index is -0.640. The van der Waals surface area contributed by atoms with Crippen LogP contribution in [0.1, 0.15) is 27.2 Å². The number of carbonyl (C=O) groups is 2. The highest BCUT2D eigenvalue weighted by Crippen LogP contribution is 2.17. The lowest BCUT2D eigenvalue weighted by molar-refractivity contribution is -0.116. The molecule has 0 unspecified atom stereocenters. The first kappa shape index (κ1) is 14.0. The second-order valence-electron chi connectivity index (χ2n) is 4.76. The summed E-state index contributed by atoms with van der Waals surface area (Å²) in [6, 6.07) is 1.75. The summed E-state index contributed by atoms with van der Waals surface area (Å²) >= 11 is 0. The summed E-state index contributed by atoms with van der Waals surface area (Å²) in [5.41, 5.74) is -0.573. The molecule has 18 heavy (non-hydrogen) atoms. The zero-order chi connectivity index (χ0) is 13.8. The lowest BCUT2D eigenvalue weighted by Gasteiger charge is -2.30. The first-order valence-corrected chi connectivity index (χ1v) is 5.57. The Bertz CT molecular complexity index is 415. The average Bonchev–Trinajstić information content (AvgIpc) is 2.27. The lowest BCUT2D eigenvalue weighted by atomic mass is 10.2. The van der Waals surface area contributed by atoms with Crippen molar-refractivity contribution in [3.05, 3.63) is 12.0 Å². The van der Waals surface area contributed by atoms with Crippen LogP contribution in [0.25, 0.3) is 0 Å². The third-order valence-corrected chi connectivity index (χ3v) is 2.06. The van der Waals surface area contributed by atoms with Crippen molar-refractivity contribution in [1.82, 2.24) is 4.90 Å². The SMILES string of the molecule is CC(C)(C)OC(=O)N1CCOC=C1C(=O)CC#N. The highest BCUT2D eigenvalue weighted by molar-refractivity contribution is 5.98. The van der Waals surface area contributed by atoms with Crippen molar-refractivity contribution in [2.75, 3.05) is 13.2 Å². The largest absolute Gasteiger partial charge is 0.497 e. The van der Waals surface area contributed by atoms with Crippen molar-refractivity contribution in [3.63, 3.8) is 0 Å². The quantitative estimate of drug-likeness (QED) is 0.745. The van der Waals surface area contributed by atoms with Gasteiger partial charge in [0, 0.05) is 0 Å². The molecule has 0 radical (unpaired) electrons. The third-order valence-electron chi connectivity index (χ3n) is 2.06. The van der Waals surface area contributed by atoms with Crippen LogP contribution >= 0.6 is 0 Å². The molecule has 0 aromatic heterocycles. The van der Waals surface area contributed by atoms with E-state index in [1.165, 1.54) is 11.2 Å².